The zero-order valence-electron chi connectivity index (χ0n) is 15.9. The second-order valence-electron chi connectivity index (χ2n) is 6.60. The van der Waals surface area contributed by atoms with Gasteiger partial charge < -0.3 is 0 Å². The van der Waals surface area contributed by atoms with Gasteiger partial charge in [0.1, 0.15) is 11.5 Å². The molecule has 0 fully saturated rings. The highest BCUT2D eigenvalue weighted by Gasteiger charge is 2.34. The fraction of sp³-hybridized carbons (Fsp3) is 0.150. The van der Waals surface area contributed by atoms with Gasteiger partial charge in [0.2, 0.25) is 0 Å². The quantitative estimate of drug-likeness (QED) is 0.431. The molecule has 11 heteroatoms. The third-order valence-corrected chi connectivity index (χ3v) is 6.33. The fourth-order valence-electron chi connectivity index (χ4n) is 2.97. The number of benzene rings is 1. The van der Waals surface area contributed by atoms with E-state index in [1.807, 2.05) is 0 Å². The van der Waals surface area contributed by atoms with Crippen LogP contribution in [0.25, 0.3) is 28.3 Å². The second kappa shape index (κ2) is 7.41. The minimum Gasteiger partial charge on any atom is -0.245 e. The number of pyridine rings is 1. The molecule has 0 bridgehead atoms. The first-order chi connectivity index (χ1) is 14.6. The SMILES string of the molecule is CCS(=O)(=O)c1ccc(-c2ccc(F)cc2)nc1-c1ccn2nc(C(F)(F)F)cc2n1. The summed E-state index contributed by atoms with van der Waals surface area (Å²) in [5, 5.41) is 3.43. The van der Waals surface area contributed by atoms with Crippen molar-refractivity contribution in [2.45, 2.75) is 18.0 Å². The Morgan fingerprint density at radius 2 is 1.68 bits per heavy atom. The smallest absolute Gasteiger partial charge is 0.245 e. The van der Waals surface area contributed by atoms with E-state index in [1.165, 1.54) is 55.6 Å². The minimum atomic E-state index is -4.65. The summed E-state index contributed by atoms with van der Waals surface area (Å²) in [6, 6.07) is 10.4. The lowest BCUT2D eigenvalue weighted by atomic mass is 10.1. The Morgan fingerprint density at radius 3 is 2.32 bits per heavy atom. The van der Waals surface area contributed by atoms with Crippen molar-refractivity contribution in [3.05, 3.63) is 66.2 Å². The van der Waals surface area contributed by atoms with Gasteiger partial charge in [-0.15, -0.1) is 0 Å². The van der Waals surface area contributed by atoms with Crippen molar-refractivity contribution in [1.82, 2.24) is 19.6 Å². The standard InChI is InChI=1S/C20H14F4N4O2S/c1-2-31(29,30)16-8-7-14(12-3-5-13(21)6-4-12)26-19(16)15-9-10-28-18(25-15)11-17(27-28)20(22,23)24/h3-11H,2H2,1H3. The van der Waals surface area contributed by atoms with E-state index >= 15 is 0 Å². The van der Waals surface area contributed by atoms with Crippen LogP contribution < -0.4 is 0 Å². The van der Waals surface area contributed by atoms with Crippen LogP contribution in [0.4, 0.5) is 17.6 Å². The lowest BCUT2D eigenvalue weighted by molar-refractivity contribution is -0.141. The Balaban J connectivity index is 1.92. The van der Waals surface area contributed by atoms with Crippen LogP contribution in [0.2, 0.25) is 0 Å². The van der Waals surface area contributed by atoms with Crippen LogP contribution in [0.5, 0.6) is 0 Å². The Kier molecular flexibility index (Phi) is 5.00. The highest BCUT2D eigenvalue weighted by atomic mass is 32.2. The number of hydrogen-bond acceptors (Lipinski definition) is 5. The average molecular weight is 450 g/mol. The first kappa shape index (κ1) is 20.9. The monoisotopic (exact) mass is 450 g/mol. The number of alkyl halides is 3. The van der Waals surface area contributed by atoms with Gasteiger partial charge >= 0.3 is 6.18 Å². The van der Waals surface area contributed by atoms with Crippen molar-refractivity contribution in [2.75, 3.05) is 5.75 Å². The molecule has 0 N–H and O–H groups in total. The highest BCUT2D eigenvalue weighted by Crippen LogP contribution is 2.31. The van der Waals surface area contributed by atoms with Crippen LogP contribution in [0.15, 0.2) is 59.6 Å². The maximum atomic E-state index is 13.2. The van der Waals surface area contributed by atoms with Gasteiger partial charge in [-0.25, -0.2) is 27.3 Å². The predicted octanol–water partition coefficient (Wildman–Crippen LogP) is 4.41. The number of aromatic nitrogens is 4. The molecule has 0 atom stereocenters. The van der Waals surface area contributed by atoms with Gasteiger partial charge in [-0.1, -0.05) is 6.92 Å². The zero-order chi connectivity index (χ0) is 22.4. The van der Waals surface area contributed by atoms with E-state index in [9.17, 15) is 26.0 Å². The van der Waals surface area contributed by atoms with E-state index in [0.717, 1.165) is 10.6 Å². The van der Waals surface area contributed by atoms with E-state index in [-0.39, 0.29) is 27.7 Å². The first-order valence-electron chi connectivity index (χ1n) is 9.02. The van der Waals surface area contributed by atoms with Crippen molar-refractivity contribution in [1.29, 1.82) is 0 Å². The molecule has 0 amide bonds. The Morgan fingerprint density at radius 1 is 0.968 bits per heavy atom. The molecule has 0 aliphatic carbocycles. The van der Waals surface area contributed by atoms with Gasteiger partial charge in [0.25, 0.3) is 0 Å². The van der Waals surface area contributed by atoms with Crippen LogP contribution >= 0.6 is 0 Å². The lowest BCUT2D eigenvalue weighted by Gasteiger charge is -2.11. The molecular formula is C20H14F4N4O2S. The summed E-state index contributed by atoms with van der Waals surface area (Å²) in [5.74, 6) is -0.646. The molecule has 4 rings (SSSR count). The fourth-order valence-corrected chi connectivity index (χ4v) is 4.00. The third kappa shape index (κ3) is 4.00. The molecule has 0 unspecified atom stereocenters. The van der Waals surface area contributed by atoms with Crippen LogP contribution in [0.3, 0.4) is 0 Å². The molecule has 6 nitrogen and oxygen atoms in total. The maximum Gasteiger partial charge on any atom is 0.435 e. The van der Waals surface area contributed by atoms with Gasteiger partial charge in [0.15, 0.2) is 21.2 Å². The molecule has 31 heavy (non-hydrogen) atoms. The van der Waals surface area contributed by atoms with Crippen LogP contribution in [-0.4, -0.2) is 33.8 Å². The molecule has 0 saturated heterocycles. The topological polar surface area (TPSA) is 77.2 Å². The van der Waals surface area contributed by atoms with Crippen LogP contribution in [0.1, 0.15) is 12.6 Å². The van der Waals surface area contributed by atoms with E-state index < -0.39 is 27.5 Å². The van der Waals surface area contributed by atoms with Crippen LogP contribution in [-0.2, 0) is 16.0 Å². The molecule has 0 radical (unpaired) electrons. The van der Waals surface area contributed by atoms with Crippen molar-refractivity contribution in [3.63, 3.8) is 0 Å². The number of hydrogen-bond donors (Lipinski definition) is 0. The number of rotatable bonds is 4. The molecule has 0 spiro atoms. The van der Waals surface area contributed by atoms with Gasteiger partial charge in [0.05, 0.1) is 22.0 Å². The zero-order valence-corrected chi connectivity index (χ0v) is 16.7. The number of halogens is 4. The summed E-state index contributed by atoms with van der Waals surface area (Å²) in [6.07, 6.45) is -3.40. The largest absolute Gasteiger partial charge is 0.435 e. The summed E-state index contributed by atoms with van der Waals surface area (Å²) in [7, 11) is -3.72. The van der Waals surface area contributed by atoms with Gasteiger partial charge in [0, 0.05) is 17.8 Å². The van der Waals surface area contributed by atoms with E-state index in [1.54, 1.807) is 0 Å². The number of sulfone groups is 1. The summed E-state index contributed by atoms with van der Waals surface area (Å²) >= 11 is 0. The van der Waals surface area contributed by atoms with Crippen molar-refractivity contribution in [3.8, 4) is 22.6 Å². The average Bonchev–Trinajstić information content (AvgIpc) is 3.18. The number of nitrogens with zero attached hydrogens (tertiary/aromatic N) is 4. The second-order valence-corrected chi connectivity index (χ2v) is 8.84. The van der Waals surface area contributed by atoms with Gasteiger partial charge in [-0.2, -0.15) is 18.3 Å². The third-order valence-electron chi connectivity index (χ3n) is 4.57. The summed E-state index contributed by atoms with van der Waals surface area (Å²) < 4.78 is 78.3. The Bertz CT molecular complexity index is 1380. The number of fused-ring (bicyclic) bond motifs is 1. The molecular weight excluding hydrogens is 436 g/mol. The molecule has 0 aliphatic rings. The maximum absolute atomic E-state index is 13.2. The van der Waals surface area contributed by atoms with Gasteiger partial charge in [-0.05, 0) is 42.5 Å². The summed E-state index contributed by atoms with van der Waals surface area (Å²) in [5.41, 5.74) is -0.285. The molecule has 1 aromatic carbocycles. The summed E-state index contributed by atoms with van der Waals surface area (Å²) in [6.45, 7) is 1.47. The van der Waals surface area contributed by atoms with E-state index in [0.29, 0.717) is 11.3 Å². The molecule has 160 valence electrons. The molecule has 4 aromatic rings. The van der Waals surface area contributed by atoms with E-state index in [2.05, 4.69) is 15.1 Å². The van der Waals surface area contributed by atoms with E-state index in [4.69, 9.17) is 0 Å². The minimum absolute atomic E-state index is 0.0130. The molecule has 3 heterocycles. The predicted molar refractivity (Wildman–Crippen MR) is 104 cm³/mol. The molecule has 0 saturated carbocycles. The lowest BCUT2D eigenvalue weighted by Crippen LogP contribution is -2.08. The normalized spacial score (nSPS) is 12.4. The summed E-state index contributed by atoms with van der Waals surface area (Å²) in [4.78, 5) is 8.45. The first-order valence-corrected chi connectivity index (χ1v) is 10.7. The highest BCUT2D eigenvalue weighted by molar-refractivity contribution is 7.91. The Hall–Kier alpha value is -3.34. The van der Waals surface area contributed by atoms with Crippen molar-refractivity contribution < 1.29 is 26.0 Å². The Labute approximate surface area is 174 Å². The molecule has 0 aliphatic heterocycles. The van der Waals surface area contributed by atoms with Crippen LogP contribution in [0, 0.1) is 5.82 Å². The van der Waals surface area contributed by atoms with Crippen molar-refractivity contribution >= 4 is 15.5 Å². The molecule has 3 aromatic heterocycles. The van der Waals surface area contributed by atoms with Crippen molar-refractivity contribution in [2.24, 2.45) is 0 Å². The van der Waals surface area contributed by atoms with Gasteiger partial charge in [-0.3, -0.25) is 0 Å².